The summed E-state index contributed by atoms with van der Waals surface area (Å²) in [4.78, 5) is 19.8. The molecule has 1 aliphatic heterocycles. The molecular weight excluding hydrogens is 400 g/mol. The number of phenolic OH excluding ortho intramolecular Hbond substituents is 1. The topological polar surface area (TPSA) is 70.7 Å². The number of aromatic hydroxyl groups is 1. The van der Waals surface area contributed by atoms with Crippen LogP contribution in [0.15, 0.2) is 48.5 Å². The molecule has 3 heterocycles. The van der Waals surface area contributed by atoms with Gasteiger partial charge in [-0.2, -0.15) is 5.10 Å². The molecule has 2 aromatic heterocycles. The van der Waals surface area contributed by atoms with Crippen LogP contribution in [0.25, 0.3) is 16.6 Å². The number of hydrogen-bond donors (Lipinski definition) is 1. The maximum atomic E-state index is 12.9. The first-order chi connectivity index (χ1) is 15.5. The number of nitrogens with zero attached hydrogens (tertiary/aromatic N) is 4. The highest BCUT2D eigenvalue weighted by molar-refractivity contribution is 5.92. The Kier molecular flexibility index (Phi) is 5.29. The van der Waals surface area contributed by atoms with E-state index in [-0.39, 0.29) is 5.91 Å². The van der Waals surface area contributed by atoms with E-state index < -0.39 is 0 Å². The zero-order valence-electron chi connectivity index (χ0n) is 18.6. The number of fused-ring (bicyclic) bond motifs is 3. The van der Waals surface area contributed by atoms with Gasteiger partial charge in [0.15, 0.2) is 5.65 Å². The molecule has 6 nitrogen and oxygen atoms in total. The fourth-order valence-corrected chi connectivity index (χ4v) is 4.94. The van der Waals surface area contributed by atoms with Gasteiger partial charge in [0, 0.05) is 36.3 Å². The first-order valence-electron chi connectivity index (χ1n) is 11.3. The van der Waals surface area contributed by atoms with E-state index in [0.29, 0.717) is 24.5 Å². The van der Waals surface area contributed by atoms with Gasteiger partial charge >= 0.3 is 0 Å². The van der Waals surface area contributed by atoms with Gasteiger partial charge in [0.1, 0.15) is 5.75 Å². The van der Waals surface area contributed by atoms with Crippen molar-refractivity contribution in [3.8, 4) is 5.75 Å². The third-order valence-electron chi connectivity index (χ3n) is 6.82. The van der Waals surface area contributed by atoms with Crippen LogP contribution in [0.5, 0.6) is 5.75 Å². The van der Waals surface area contributed by atoms with Crippen molar-refractivity contribution in [3.05, 3.63) is 71.0 Å². The molecule has 0 unspecified atom stereocenters. The van der Waals surface area contributed by atoms with E-state index in [0.717, 1.165) is 59.4 Å². The lowest BCUT2D eigenvalue weighted by atomic mass is 9.89. The van der Waals surface area contributed by atoms with E-state index in [4.69, 9.17) is 10.1 Å². The number of hydrogen-bond acceptors (Lipinski definition) is 4. The predicted molar refractivity (Wildman–Crippen MR) is 125 cm³/mol. The van der Waals surface area contributed by atoms with Crippen molar-refractivity contribution < 1.29 is 9.90 Å². The standard InChI is InChI=1S/C26H28N4O2/c1-17-22(18(2)30-26(27-17)23-5-3-4-6-24(23)28-30)11-12-25(32)29-15-13-20(14-16-29)19-7-9-21(31)10-8-19/h3-10,20,31H,11-16H2,1-2H3. The summed E-state index contributed by atoms with van der Waals surface area (Å²) in [6.07, 6.45) is 3.08. The molecule has 1 N–H and O–H groups in total. The minimum atomic E-state index is 0.207. The van der Waals surface area contributed by atoms with Gasteiger partial charge in [-0.25, -0.2) is 9.50 Å². The highest BCUT2D eigenvalue weighted by atomic mass is 16.3. The number of rotatable bonds is 4. The van der Waals surface area contributed by atoms with Gasteiger partial charge in [-0.15, -0.1) is 0 Å². The summed E-state index contributed by atoms with van der Waals surface area (Å²) in [6.45, 7) is 5.66. The van der Waals surface area contributed by atoms with Crippen LogP contribution in [0.3, 0.4) is 0 Å². The fraction of sp³-hybridized carbons (Fsp3) is 0.346. The molecule has 1 saturated heterocycles. The number of carbonyl (C=O) groups is 1. The van der Waals surface area contributed by atoms with Gasteiger partial charge in [-0.1, -0.05) is 24.3 Å². The van der Waals surface area contributed by atoms with Crippen LogP contribution in [0.4, 0.5) is 0 Å². The fourth-order valence-electron chi connectivity index (χ4n) is 4.94. The number of amides is 1. The highest BCUT2D eigenvalue weighted by Gasteiger charge is 2.24. The summed E-state index contributed by atoms with van der Waals surface area (Å²) < 4.78 is 1.92. The summed E-state index contributed by atoms with van der Waals surface area (Å²) in [5.41, 5.74) is 6.20. The lowest BCUT2D eigenvalue weighted by molar-refractivity contribution is -0.132. The normalized spacial score (nSPS) is 15.0. The van der Waals surface area contributed by atoms with E-state index in [1.165, 1.54) is 5.56 Å². The lowest BCUT2D eigenvalue weighted by Gasteiger charge is -2.32. The highest BCUT2D eigenvalue weighted by Crippen LogP contribution is 2.29. The predicted octanol–water partition coefficient (Wildman–Crippen LogP) is 4.54. The van der Waals surface area contributed by atoms with Crippen LogP contribution in [0, 0.1) is 13.8 Å². The first-order valence-corrected chi connectivity index (χ1v) is 11.3. The molecule has 4 aromatic rings. The van der Waals surface area contributed by atoms with Gasteiger partial charge in [-0.05, 0) is 74.4 Å². The quantitative estimate of drug-likeness (QED) is 0.518. The molecule has 2 aromatic carbocycles. The molecule has 0 bridgehead atoms. The smallest absolute Gasteiger partial charge is 0.222 e. The van der Waals surface area contributed by atoms with Crippen molar-refractivity contribution in [2.75, 3.05) is 13.1 Å². The Hall–Kier alpha value is -3.41. The Bertz CT molecular complexity index is 1280. The van der Waals surface area contributed by atoms with Crippen molar-refractivity contribution in [3.63, 3.8) is 0 Å². The van der Waals surface area contributed by atoms with Crippen molar-refractivity contribution in [1.29, 1.82) is 0 Å². The van der Waals surface area contributed by atoms with Crippen LogP contribution in [0.1, 0.15) is 47.7 Å². The molecule has 1 amide bonds. The Labute approximate surface area is 187 Å². The molecule has 5 rings (SSSR count). The second-order valence-corrected chi connectivity index (χ2v) is 8.76. The van der Waals surface area contributed by atoms with Crippen molar-refractivity contribution in [2.45, 2.75) is 45.4 Å². The van der Waals surface area contributed by atoms with Crippen LogP contribution in [0.2, 0.25) is 0 Å². The summed E-state index contributed by atoms with van der Waals surface area (Å²) in [6, 6.07) is 15.5. The summed E-state index contributed by atoms with van der Waals surface area (Å²) in [5, 5.41) is 15.3. The molecule has 32 heavy (non-hydrogen) atoms. The third kappa shape index (κ3) is 3.70. The lowest BCUT2D eigenvalue weighted by Crippen LogP contribution is -2.38. The first kappa shape index (κ1) is 20.5. The summed E-state index contributed by atoms with van der Waals surface area (Å²) in [7, 11) is 0. The van der Waals surface area contributed by atoms with Gasteiger partial charge in [-0.3, -0.25) is 4.79 Å². The summed E-state index contributed by atoms with van der Waals surface area (Å²) >= 11 is 0. The molecule has 0 saturated carbocycles. The van der Waals surface area contributed by atoms with Crippen molar-refractivity contribution in [2.24, 2.45) is 0 Å². The van der Waals surface area contributed by atoms with Gasteiger partial charge < -0.3 is 10.0 Å². The number of likely N-dealkylation sites (tertiary alicyclic amines) is 1. The maximum absolute atomic E-state index is 12.9. The number of phenols is 1. The molecule has 0 spiro atoms. The van der Waals surface area contributed by atoms with E-state index >= 15 is 0 Å². The Morgan fingerprint density at radius 1 is 1.06 bits per heavy atom. The van der Waals surface area contributed by atoms with Crippen LogP contribution in [-0.4, -0.2) is 43.6 Å². The van der Waals surface area contributed by atoms with Crippen LogP contribution in [-0.2, 0) is 11.2 Å². The molecule has 0 radical (unpaired) electrons. The molecular formula is C26H28N4O2. The molecule has 0 atom stereocenters. The summed E-state index contributed by atoms with van der Waals surface area (Å²) in [5.74, 6) is 0.950. The molecule has 0 aliphatic carbocycles. The maximum Gasteiger partial charge on any atom is 0.222 e. The Balaban J connectivity index is 1.26. The van der Waals surface area contributed by atoms with Crippen molar-refractivity contribution >= 4 is 22.5 Å². The number of carbonyl (C=O) groups excluding carboxylic acids is 1. The SMILES string of the molecule is Cc1nc2c3ccccc3nn2c(C)c1CCC(=O)N1CCC(c2ccc(O)cc2)CC1. The minimum absolute atomic E-state index is 0.207. The average molecular weight is 429 g/mol. The number of aromatic nitrogens is 3. The van der Waals surface area contributed by atoms with Gasteiger partial charge in [0.05, 0.1) is 5.52 Å². The Morgan fingerprint density at radius 3 is 2.53 bits per heavy atom. The van der Waals surface area contributed by atoms with E-state index in [2.05, 4.69) is 13.0 Å². The van der Waals surface area contributed by atoms with Crippen LogP contribution >= 0.6 is 0 Å². The second-order valence-electron chi connectivity index (χ2n) is 8.76. The largest absolute Gasteiger partial charge is 0.508 e. The minimum Gasteiger partial charge on any atom is -0.508 e. The van der Waals surface area contributed by atoms with E-state index in [1.807, 2.05) is 46.7 Å². The van der Waals surface area contributed by atoms with Gasteiger partial charge in [0.2, 0.25) is 5.91 Å². The zero-order chi connectivity index (χ0) is 22.2. The second kappa shape index (κ2) is 8.26. The number of benzene rings is 2. The van der Waals surface area contributed by atoms with Crippen molar-refractivity contribution in [1.82, 2.24) is 19.5 Å². The Morgan fingerprint density at radius 2 is 1.78 bits per heavy atom. The van der Waals surface area contributed by atoms with Crippen LogP contribution < -0.4 is 0 Å². The molecule has 6 heteroatoms. The molecule has 1 fully saturated rings. The molecule has 164 valence electrons. The number of aryl methyl sites for hydroxylation is 2. The number of piperidine rings is 1. The third-order valence-corrected chi connectivity index (χ3v) is 6.82. The monoisotopic (exact) mass is 428 g/mol. The zero-order valence-corrected chi connectivity index (χ0v) is 18.6. The molecule has 1 aliphatic rings. The van der Waals surface area contributed by atoms with E-state index in [1.54, 1.807) is 12.1 Å². The average Bonchev–Trinajstić information content (AvgIpc) is 3.18. The van der Waals surface area contributed by atoms with E-state index in [9.17, 15) is 9.90 Å². The van der Waals surface area contributed by atoms with Gasteiger partial charge in [0.25, 0.3) is 0 Å².